The number of carboxylic acid groups (broad SMARTS) is 2. The quantitative estimate of drug-likeness (QED) is 0.147. The van der Waals surface area contributed by atoms with Gasteiger partial charge in [-0.1, -0.05) is 36.4 Å². The summed E-state index contributed by atoms with van der Waals surface area (Å²) >= 11 is 0. The van der Waals surface area contributed by atoms with Crippen LogP contribution in [0.2, 0.25) is 0 Å². The van der Waals surface area contributed by atoms with Crippen molar-refractivity contribution in [2.24, 2.45) is 0 Å². The first-order chi connectivity index (χ1) is 20.5. The van der Waals surface area contributed by atoms with E-state index in [-0.39, 0.29) is 12.4 Å². The maximum atomic E-state index is 13.4. The summed E-state index contributed by atoms with van der Waals surface area (Å²) in [6.07, 6.45) is -3.77. The van der Waals surface area contributed by atoms with Crippen LogP contribution in [0.1, 0.15) is 29.2 Å². The number of anilines is 1. The summed E-state index contributed by atoms with van der Waals surface area (Å²) in [5.41, 5.74) is 4.01. The van der Waals surface area contributed by atoms with Crippen molar-refractivity contribution in [2.75, 3.05) is 5.32 Å². The number of nitrogens with one attached hydrogen (secondary N) is 2. The lowest BCUT2D eigenvalue weighted by Gasteiger charge is -2.15. The lowest BCUT2D eigenvalue weighted by atomic mass is 9.92. The molecule has 0 saturated heterocycles. The Hall–Kier alpha value is -5.53. The highest BCUT2D eigenvalue weighted by atomic mass is 19.4. The maximum Gasteiger partial charge on any atom is 0.490 e. The molecule has 0 aliphatic rings. The van der Waals surface area contributed by atoms with Gasteiger partial charge in [-0.05, 0) is 53.6 Å². The summed E-state index contributed by atoms with van der Waals surface area (Å²) in [6, 6.07) is 22.7. The van der Waals surface area contributed by atoms with Crippen LogP contribution >= 0.6 is 0 Å². The van der Waals surface area contributed by atoms with Crippen LogP contribution in [0.25, 0.3) is 11.0 Å². The zero-order chi connectivity index (χ0) is 31.0. The Morgan fingerprint density at radius 1 is 0.930 bits per heavy atom. The Kier molecular flexibility index (Phi) is 9.50. The van der Waals surface area contributed by atoms with E-state index in [0.717, 1.165) is 16.6 Å². The molecule has 0 aliphatic heterocycles. The number of imidazole rings is 1. The molecule has 0 amide bonds. The molecule has 0 aliphatic carbocycles. The molecule has 3 aromatic carbocycles. The fraction of sp³-hybridized carbons (Fsp3) is 0.138. The van der Waals surface area contributed by atoms with Crippen molar-refractivity contribution in [3.63, 3.8) is 0 Å². The van der Waals surface area contributed by atoms with Crippen LogP contribution in [0.15, 0.2) is 85.1 Å². The summed E-state index contributed by atoms with van der Waals surface area (Å²) in [7, 11) is 0. The number of nitrogens with zero attached hydrogens (tertiary/aromatic N) is 3. The molecule has 1 atom stereocenters. The van der Waals surface area contributed by atoms with E-state index in [2.05, 4.69) is 25.3 Å². The van der Waals surface area contributed by atoms with Crippen LogP contribution in [-0.4, -0.2) is 48.3 Å². The molecule has 43 heavy (non-hydrogen) atoms. The van der Waals surface area contributed by atoms with Crippen molar-refractivity contribution in [3.8, 4) is 11.8 Å². The average molecular weight is 598 g/mol. The molecule has 1 unspecified atom stereocenters. The molecule has 5 rings (SSSR count). The highest BCUT2D eigenvalue weighted by Gasteiger charge is 2.38. The van der Waals surface area contributed by atoms with E-state index in [9.17, 15) is 27.5 Å². The Labute approximate surface area is 241 Å². The number of benzene rings is 3. The number of carboxylic acids is 2. The average Bonchev–Trinajstić information content (AvgIpc) is 3.39. The van der Waals surface area contributed by atoms with Gasteiger partial charge in [-0.25, -0.2) is 19.2 Å². The number of ether oxygens (including phenoxy) is 1. The number of aromatic amines is 1. The van der Waals surface area contributed by atoms with Crippen molar-refractivity contribution in [2.45, 2.75) is 25.1 Å². The first kappa shape index (κ1) is 30.4. The predicted molar refractivity (Wildman–Crippen MR) is 146 cm³/mol. The van der Waals surface area contributed by atoms with Gasteiger partial charge >= 0.3 is 24.1 Å². The number of alkyl halides is 3. The number of halogens is 4. The third-order valence-corrected chi connectivity index (χ3v) is 5.89. The van der Waals surface area contributed by atoms with Gasteiger partial charge in [-0.3, -0.25) is 4.79 Å². The molecular formula is C29H23F4N5O5. The number of aromatic nitrogens is 4. The molecule has 0 spiro atoms. The monoisotopic (exact) mass is 597 g/mol. The van der Waals surface area contributed by atoms with Gasteiger partial charge in [0.15, 0.2) is 0 Å². The Bertz CT molecular complexity index is 1660. The third kappa shape index (κ3) is 8.73. The number of carbonyl (C=O) groups is 2. The molecule has 4 N–H and O–H groups in total. The van der Waals surface area contributed by atoms with Gasteiger partial charge in [-0.15, -0.1) is 0 Å². The second-order valence-corrected chi connectivity index (χ2v) is 8.97. The second-order valence-electron chi connectivity index (χ2n) is 8.97. The number of rotatable bonds is 9. The number of hydrogen-bond acceptors (Lipinski definition) is 7. The van der Waals surface area contributed by atoms with Gasteiger partial charge < -0.3 is 25.3 Å². The first-order valence-electron chi connectivity index (χ1n) is 12.5. The smallest absolute Gasteiger partial charge is 0.481 e. The summed E-state index contributed by atoms with van der Waals surface area (Å²) in [5, 5.41) is 19.8. The lowest BCUT2D eigenvalue weighted by Crippen LogP contribution is -2.21. The third-order valence-electron chi connectivity index (χ3n) is 5.89. The second kappa shape index (κ2) is 13.4. The van der Waals surface area contributed by atoms with E-state index in [4.69, 9.17) is 14.6 Å². The summed E-state index contributed by atoms with van der Waals surface area (Å²) in [6.45, 7) is 0.570. The molecule has 0 bridgehead atoms. The summed E-state index contributed by atoms with van der Waals surface area (Å²) in [5.74, 6) is -3.48. The Morgan fingerprint density at radius 2 is 1.60 bits per heavy atom. The van der Waals surface area contributed by atoms with Gasteiger partial charge in [0.25, 0.3) is 0 Å². The zero-order valence-corrected chi connectivity index (χ0v) is 22.0. The predicted octanol–water partition coefficient (Wildman–Crippen LogP) is 6.14. The van der Waals surface area contributed by atoms with Gasteiger partial charge in [-0.2, -0.15) is 18.2 Å². The van der Waals surface area contributed by atoms with Gasteiger partial charge in [0.1, 0.15) is 11.6 Å². The van der Waals surface area contributed by atoms with E-state index in [0.29, 0.717) is 29.5 Å². The number of para-hydroxylation sites is 2. The highest BCUT2D eigenvalue weighted by Crippen LogP contribution is 2.29. The van der Waals surface area contributed by atoms with Crippen LogP contribution in [0.4, 0.5) is 23.5 Å². The van der Waals surface area contributed by atoms with Crippen LogP contribution in [0.3, 0.4) is 0 Å². The number of aliphatic carboxylic acids is 2. The Morgan fingerprint density at radius 3 is 2.23 bits per heavy atom. The van der Waals surface area contributed by atoms with Gasteiger partial charge in [0, 0.05) is 18.7 Å². The van der Waals surface area contributed by atoms with E-state index in [1.54, 1.807) is 30.3 Å². The summed E-state index contributed by atoms with van der Waals surface area (Å²) < 4.78 is 50.9. The highest BCUT2D eigenvalue weighted by molar-refractivity contribution is 5.77. The molecule has 0 fully saturated rings. The summed E-state index contributed by atoms with van der Waals surface area (Å²) in [4.78, 5) is 36.7. The minimum atomic E-state index is -5.08. The van der Waals surface area contributed by atoms with E-state index >= 15 is 0 Å². The number of H-pyrrole nitrogens is 1. The molecule has 222 valence electrons. The van der Waals surface area contributed by atoms with Crippen molar-refractivity contribution >= 4 is 28.9 Å². The number of fused-ring (bicyclic) bond motifs is 1. The zero-order valence-electron chi connectivity index (χ0n) is 22.0. The minimum absolute atomic E-state index is 0.0955. The molecule has 0 saturated carbocycles. The van der Waals surface area contributed by atoms with Crippen LogP contribution in [0.5, 0.6) is 11.8 Å². The van der Waals surface area contributed by atoms with Gasteiger partial charge in [0.05, 0.1) is 23.1 Å². The van der Waals surface area contributed by atoms with Gasteiger partial charge in [0.2, 0.25) is 5.95 Å². The standard InChI is InChI=1S/C27H22FN5O3.C2HF3O2/c28-19-9-7-18(8-10-19)21(15-25(34)35)22-13-14-29-27(33-22)36-20-11-5-17(6-12-20)16-30-26-31-23-3-1-2-4-24(23)32-26;3-2(4,5)1(6)7/h1-14,21H,15-16H2,(H,34,35)(H2,30,31,32);(H,6,7). The molecular weight excluding hydrogens is 574 g/mol. The lowest BCUT2D eigenvalue weighted by molar-refractivity contribution is -0.192. The van der Waals surface area contributed by atoms with Crippen molar-refractivity contribution in [1.29, 1.82) is 0 Å². The minimum Gasteiger partial charge on any atom is -0.481 e. The fourth-order valence-corrected chi connectivity index (χ4v) is 3.86. The fourth-order valence-electron chi connectivity index (χ4n) is 3.86. The first-order valence-corrected chi connectivity index (χ1v) is 12.5. The van der Waals surface area contributed by atoms with E-state index in [1.165, 1.54) is 18.3 Å². The Balaban J connectivity index is 0.000000541. The molecule has 10 nitrogen and oxygen atoms in total. The molecule has 14 heteroatoms. The van der Waals surface area contributed by atoms with Crippen molar-refractivity contribution in [1.82, 2.24) is 19.9 Å². The maximum absolute atomic E-state index is 13.4. The number of hydrogen-bond donors (Lipinski definition) is 4. The van der Waals surface area contributed by atoms with E-state index < -0.39 is 29.9 Å². The van der Waals surface area contributed by atoms with Crippen molar-refractivity contribution in [3.05, 3.63) is 108 Å². The van der Waals surface area contributed by atoms with Crippen LogP contribution in [-0.2, 0) is 16.1 Å². The van der Waals surface area contributed by atoms with Crippen molar-refractivity contribution < 1.29 is 42.1 Å². The van der Waals surface area contributed by atoms with Crippen LogP contribution in [0, 0.1) is 5.82 Å². The van der Waals surface area contributed by atoms with Crippen LogP contribution < -0.4 is 10.1 Å². The normalized spacial score (nSPS) is 11.7. The molecule has 0 radical (unpaired) electrons. The van der Waals surface area contributed by atoms with E-state index in [1.807, 2.05) is 36.4 Å². The molecule has 2 heterocycles. The largest absolute Gasteiger partial charge is 0.490 e. The SMILES string of the molecule is O=C(O)C(F)(F)F.O=C(O)CC(c1ccc(F)cc1)c1ccnc(Oc2ccc(CNc3nc4ccccc4[nH]3)cc2)n1. The molecule has 2 aromatic heterocycles. The molecule has 5 aromatic rings. The topological polar surface area (TPSA) is 150 Å².